The van der Waals surface area contributed by atoms with Gasteiger partial charge in [-0.15, -0.1) is 0 Å². The molecule has 180 valence electrons. The third kappa shape index (κ3) is 5.48. The monoisotopic (exact) mass is 484 g/mol. The molecule has 1 atom stereocenters. The molecule has 0 aliphatic heterocycles. The molecule has 2 aromatic heterocycles. The molecule has 2 N–H and O–H groups in total. The lowest BCUT2D eigenvalue weighted by Gasteiger charge is -2.17. The Kier molecular flexibility index (Phi) is 6.54. The van der Waals surface area contributed by atoms with Crippen molar-refractivity contribution in [3.63, 3.8) is 0 Å². The number of nitrogens with one attached hydrogen (secondary N) is 2. The molecule has 0 saturated heterocycles. The van der Waals surface area contributed by atoms with Crippen LogP contribution in [0.25, 0.3) is 11.1 Å². The number of carbonyl (C=O) groups excluding carboxylic acids is 1. The van der Waals surface area contributed by atoms with Crippen molar-refractivity contribution in [1.82, 2.24) is 14.9 Å². The lowest BCUT2D eigenvalue weighted by Crippen LogP contribution is -2.27. The van der Waals surface area contributed by atoms with E-state index in [9.17, 15) is 22.4 Å². The molecule has 10 heteroatoms. The Morgan fingerprint density at radius 3 is 2.57 bits per heavy atom. The average molecular weight is 484 g/mol. The van der Waals surface area contributed by atoms with Gasteiger partial charge in [-0.2, -0.15) is 13.2 Å². The number of carbonyl (C=O) groups is 1. The van der Waals surface area contributed by atoms with E-state index in [-0.39, 0.29) is 28.9 Å². The van der Waals surface area contributed by atoms with E-state index in [1.165, 1.54) is 53.4 Å². The highest BCUT2D eigenvalue weighted by Gasteiger charge is 2.35. The molecule has 0 radical (unpaired) electrons. The predicted molar refractivity (Wildman–Crippen MR) is 119 cm³/mol. The van der Waals surface area contributed by atoms with Crippen LogP contribution in [0.5, 0.6) is 0 Å². The van der Waals surface area contributed by atoms with Crippen molar-refractivity contribution in [3.8, 4) is 11.1 Å². The molecule has 1 amide bonds. The highest BCUT2D eigenvalue weighted by atomic mass is 19.4. The topological polar surface area (TPSA) is 83.9 Å². The van der Waals surface area contributed by atoms with Gasteiger partial charge in [-0.1, -0.05) is 18.2 Å². The Hall–Kier alpha value is -4.21. The van der Waals surface area contributed by atoms with Crippen LogP contribution in [-0.2, 0) is 12.7 Å². The second-order valence-electron chi connectivity index (χ2n) is 7.90. The Bertz CT molecular complexity index is 1410. The summed E-state index contributed by atoms with van der Waals surface area (Å²) in [4.78, 5) is 16.6. The van der Waals surface area contributed by atoms with Crippen LogP contribution in [0.15, 0.2) is 77.7 Å². The Morgan fingerprint density at radius 1 is 1.17 bits per heavy atom. The van der Waals surface area contributed by atoms with E-state index in [2.05, 4.69) is 10.3 Å². The number of rotatable bonds is 6. The van der Waals surface area contributed by atoms with Crippen LogP contribution in [0.3, 0.4) is 0 Å². The van der Waals surface area contributed by atoms with E-state index in [4.69, 9.17) is 9.83 Å². The molecular formula is C25H20F4N4O2. The SMILES string of the molecule is CC(NC(=O)c1cc(Cn2ccoc2=N)cc(-c2cccnc2C(F)(F)F)c1)c1ccc(F)cc1. The Labute approximate surface area is 197 Å². The zero-order chi connectivity index (χ0) is 25.2. The number of hydrogen-bond donors (Lipinski definition) is 2. The van der Waals surface area contributed by atoms with Crippen molar-refractivity contribution in [3.05, 3.63) is 107 Å². The second kappa shape index (κ2) is 9.57. The Morgan fingerprint density at radius 2 is 1.91 bits per heavy atom. The number of alkyl halides is 3. The molecule has 0 spiro atoms. The summed E-state index contributed by atoms with van der Waals surface area (Å²) in [6.07, 6.45) is -0.814. The summed E-state index contributed by atoms with van der Waals surface area (Å²) in [5.41, 5.74) is 0.0292. The van der Waals surface area contributed by atoms with Gasteiger partial charge in [0, 0.05) is 23.5 Å². The van der Waals surface area contributed by atoms with Gasteiger partial charge < -0.3 is 9.73 Å². The van der Waals surface area contributed by atoms with Crippen molar-refractivity contribution >= 4 is 5.91 Å². The molecule has 2 aromatic carbocycles. The molecule has 2 heterocycles. The van der Waals surface area contributed by atoms with Gasteiger partial charge in [0.1, 0.15) is 12.1 Å². The number of oxazole rings is 1. The van der Waals surface area contributed by atoms with Crippen molar-refractivity contribution in [1.29, 1.82) is 5.41 Å². The summed E-state index contributed by atoms with van der Waals surface area (Å²) in [7, 11) is 0. The van der Waals surface area contributed by atoms with Gasteiger partial charge in [0.05, 0.1) is 12.6 Å². The first-order chi connectivity index (χ1) is 16.6. The van der Waals surface area contributed by atoms with E-state index in [0.717, 1.165) is 6.20 Å². The number of aromatic nitrogens is 2. The maximum absolute atomic E-state index is 13.6. The van der Waals surface area contributed by atoms with Gasteiger partial charge in [0.25, 0.3) is 11.6 Å². The number of hydrogen-bond acceptors (Lipinski definition) is 4. The fraction of sp³-hybridized carbons (Fsp3) is 0.160. The van der Waals surface area contributed by atoms with Crippen LogP contribution in [0, 0.1) is 11.2 Å². The van der Waals surface area contributed by atoms with Gasteiger partial charge in [-0.25, -0.2) is 4.39 Å². The minimum Gasteiger partial charge on any atom is -0.432 e. The maximum atomic E-state index is 13.6. The largest absolute Gasteiger partial charge is 0.433 e. The van der Waals surface area contributed by atoms with Crippen LogP contribution in [0.1, 0.15) is 40.1 Å². The van der Waals surface area contributed by atoms with E-state index < -0.39 is 29.6 Å². The molecule has 0 bridgehead atoms. The number of amides is 1. The zero-order valence-corrected chi connectivity index (χ0v) is 18.4. The highest BCUT2D eigenvalue weighted by Crippen LogP contribution is 2.36. The maximum Gasteiger partial charge on any atom is 0.433 e. The van der Waals surface area contributed by atoms with Crippen LogP contribution in [-0.4, -0.2) is 15.5 Å². The summed E-state index contributed by atoms with van der Waals surface area (Å²) < 4.78 is 60.5. The average Bonchev–Trinajstić information content (AvgIpc) is 3.22. The predicted octanol–water partition coefficient (Wildman–Crippen LogP) is 5.32. The van der Waals surface area contributed by atoms with Crippen LogP contribution >= 0.6 is 0 Å². The molecule has 35 heavy (non-hydrogen) atoms. The summed E-state index contributed by atoms with van der Waals surface area (Å²) in [5.74, 6) is -0.933. The van der Waals surface area contributed by atoms with Gasteiger partial charge in [-0.3, -0.25) is 19.8 Å². The van der Waals surface area contributed by atoms with E-state index in [0.29, 0.717) is 11.1 Å². The third-order valence-electron chi connectivity index (χ3n) is 5.39. The number of pyridine rings is 1. The number of nitrogens with zero attached hydrogens (tertiary/aromatic N) is 2. The fourth-order valence-electron chi connectivity index (χ4n) is 3.67. The first-order valence-corrected chi connectivity index (χ1v) is 10.5. The smallest absolute Gasteiger partial charge is 0.432 e. The fourth-order valence-corrected chi connectivity index (χ4v) is 3.67. The van der Waals surface area contributed by atoms with E-state index in [1.807, 2.05) is 0 Å². The molecule has 4 rings (SSSR count). The van der Waals surface area contributed by atoms with E-state index >= 15 is 0 Å². The van der Waals surface area contributed by atoms with Gasteiger partial charge in [-0.05, 0) is 60.0 Å². The molecule has 0 aliphatic carbocycles. The Balaban J connectivity index is 1.74. The minimum absolute atomic E-state index is 0.0958. The summed E-state index contributed by atoms with van der Waals surface area (Å²) in [6, 6.07) is 12.3. The summed E-state index contributed by atoms with van der Waals surface area (Å²) in [6.45, 7) is 1.81. The van der Waals surface area contributed by atoms with Crippen LogP contribution < -0.4 is 11.0 Å². The molecule has 6 nitrogen and oxygen atoms in total. The van der Waals surface area contributed by atoms with Gasteiger partial charge >= 0.3 is 6.18 Å². The van der Waals surface area contributed by atoms with Crippen LogP contribution in [0.4, 0.5) is 17.6 Å². The number of halogens is 4. The van der Waals surface area contributed by atoms with E-state index in [1.54, 1.807) is 25.1 Å². The lowest BCUT2D eigenvalue weighted by atomic mass is 9.97. The van der Waals surface area contributed by atoms with Gasteiger partial charge in [0.2, 0.25) is 0 Å². The quantitative estimate of drug-likeness (QED) is 0.364. The standard InChI is InChI=1S/C25H20F4N4O2/c1-15(17-4-6-20(26)7-5-17)32-23(34)19-12-16(14-33-9-10-35-24(33)30)11-18(13-19)21-3-2-8-31-22(21)25(27,28)29/h2-13,15,30H,14H2,1H3,(H,32,34). The van der Waals surface area contributed by atoms with Crippen molar-refractivity contribution in [2.75, 3.05) is 0 Å². The normalized spacial score (nSPS) is 12.4. The van der Waals surface area contributed by atoms with Crippen molar-refractivity contribution < 1.29 is 26.8 Å². The molecule has 0 fully saturated rings. The zero-order valence-electron chi connectivity index (χ0n) is 18.4. The third-order valence-corrected chi connectivity index (χ3v) is 5.39. The van der Waals surface area contributed by atoms with Crippen molar-refractivity contribution in [2.24, 2.45) is 0 Å². The van der Waals surface area contributed by atoms with Gasteiger partial charge in [0.15, 0.2) is 5.69 Å². The minimum atomic E-state index is -4.69. The number of benzene rings is 2. The molecule has 0 saturated carbocycles. The summed E-state index contributed by atoms with van der Waals surface area (Å²) in [5, 5.41) is 10.6. The second-order valence-corrected chi connectivity index (χ2v) is 7.90. The molecule has 1 unspecified atom stereocenters. The molecular weight excluding hydrogens is 464 g/mol. The van der Waals surface area contributed by atoms with Crippen molar-refractivity contribution in [2.45, 2.75) is 25.7 Å². The first-order valence-electron chi connectivity index (χ1n) is 10.5. The molecule has 4 aromatic rings. The van der Waals surface area contributed by atoms with Crippen LogP contribution in [0.2, 0.25) is 0 Å². The lowest BCUT2D eigenvalue weighted by molar-refractivity contribution is -0.140. The molecule has 0 aliphatic rings. The highest BCUT2D eigenvalue weighted by molar-refractivity contribution is 5.96. The first kappa shape index (κ1) is 23.9. The summed E-state index contributed by atoms with van der Waals surface area (Å²) >= 11 is 0.